The molecule has 0 aliphatic carbocycles. The van der Waals surface area contributed by atoms with Crippen molar-refractivity contribution in [1.82, 2.24) is 14.8 Å². The van der Waals surface area contributed by atoms with E-state index in [4.69, 9.17) is 0 Å². The van der Waals surface area contributed by atoms with Crippen LogP contribution in [-0.4, -0.2) is 26.4 Å². The molecule has 3 rings (SSSR count). The van der Waals surface area contributed by atoms with Crippen molar-refractivity contribution in [3.8, 4) is 0 Å². The van der Waals surface area contributed by atoms with Crippen molar-refractivity contribution < 1.29 is 4.79 Å². The summed E-state index contributed by atoms with van der Waals surface area (Å²) in [6.45, 7) is 9.28. The monoisotopic (exact) mass is 454 g/mol. The molecule has 0 atom stereocenters. The van der Waals surface area contributed by atoms with Crippen molar-refractivity contribution in [1.29, 1.82) is 0 Å². The first kappa shape index (κ1) is 23.4. The number of thioether (sulfide) groups is 2. The molecule has 2 aromatic carbocycles. The number of anilines is 1. The summed E-state index contributed by atoms with van der Waals surface area (Å²) in [5, 5.41) is 12.4. The number of nitrogens with zero attached hydrogens (tertiary/aromatic N) is 3. The molecule has 0 saturated heterocycles. The molecule has 0 aliphatic heterocycles. The molecule has 164 valence electrons. The summed E-state index contributed by atoms with van der Waals surface area (Å²) in [7, 11) is 0. The third kappa shape index (κ3) is 6.87. The van der Waals surface area contributed by atoms with Gasteiger partial charge in [0.25, 0.3) is 0 Å². The number of hydrogen-bond donors (Lipinski definition) is 1. The third-order valence-corrected chi connectivity index (χ3v) is 6.89. The molecule has 0 radical (unpaired) electrons. The average molecular weight is 455 g/mol. The minimum Gasteiger partial charge on any atom is -0.325 e. The van der Waals surface area contributed by atoms with Crippen LogP contribution in [0.4, 0.5) is 5.69 Å². The molecule has 0 aliphatic rings. The van der Waals surface area contributed by atoms with Crippen LogP contribution in [0.3, 0.4) is 0 Å². The van der Waals surface area contributed by atoms with Gasteiger partial charge in [-0.3, -0.25) is 4.79 Å². The zero-order valence-electron chi connectivity index (χ0n) is 18.6. The molecule has 0 saturated carbocycles. The number of amides is 1. The number of rotatable bonds is 10. The predicted molar refractivity (Wildman–Crippen MR) is 132 cm³/mol. The fourth-order valence-electron chi connectivity index (χ4n) is 3.07. The number of aryl methyl sites for hydroxylation is 1. The molecule has 1 N–H and O–H groups in total. The number of carbonyl (C=O) groups excluding carboxylic acids is 1. The van der Waals surface area contributed by atoms with Crippen LogP contribution in [0.1, 0.15) is 49.2 Å². The molecule has 0 unspecified atom stereocenters. The minimum absolute atomic E-state index is 0.0387. The van der Waals surface area contributed by atoms with E-state index in [1.807, 2.05) is 23.9 Å². The van der Waals surface area contributed by atoms with Gasteiger partial charge in [0.15, 0.2) is 5.16 Å². The second kappa shape index (κ2) is 11.4. The van der Waals surface area contributed by atoms with E-state index >= 15 is 0 Å². The summed E-state index contributed by atoms with van der Waals surface area (Å²) in [4.78, 5) is 12.4. The van der Waals surface area contributed by atoms with Gasteiger partial charge >= 0.3 is 0 Å². The SMILES string of the molecule is CCn1c(CSCc2ccc(C)cc2)nnc1SCC(=O)Nc1ccc(C(C)C)cc1. The number of benzene rings is 2. The fourth-order valence-corrected chi connectivity index (χ4v) is 4.82. The molecule has 7 heteroatoms. The Morgan fingerprint density at radius 1 is 1.03 bits per heavy atom. The molecule has 1 aromatic heterocycles. The molecule has 0 fully saturated rings. The maximum absolute atomic E-state index is 12.4. The lowest BCUT2D eigenvalue weighted by atomic mass is 10.0. The van der Waals surface area contributed by atoms with Gasteiger partial charge in [0.1, 0.15) is 5.82 Å². The van der Waals surface area contributed by atoms with Crippen molar-refractivity contribution in [3.05, 3.63) is 71.0 Å². The van der Waals surface area contributed by atoms with Crippen molar-refractivity contribution >= 4 is 35.1 Å². The highest BCUT2D eigenvalue weighted by Gasteiger charge is 2.13. The van der Waals surface area contributed by atoms with Gasteiger partial charge in [-0.15, -0.1) is 22.0 Å². The molecule has 5 nitrogen and oxygen atoms in total. The van der Waals surface area contributed by atoms with Gasteiger partial charge in [-0.1, -0.05) is 67.6 Å². The van der Waals surface area contributed by atoms with Crippen LogP contribution >= 0.6 is 23.5 Å². The lowest BCUT2D eigenvalue weighted by Gasteiger charge is -2.09. The largest absolute Gasteiger partial charge is 0.325 e. The van der Waals surface area contributed by atoms with E-state index in [0.29, 0.717) is 11.7 Å². The van der Waals surface area contributed by atoms with E-state index in [2.05, 4.69) is 84.2 Å². The fraction of sp³-hybridized carbons (Fsp3) is 0.375. The summed E-state index contributed by atoms with van der Waals surface area (Å²) in [6.07, 6.45) is 0. The maximum Gasteiger partial charge on any atom is 0.234 e. The maximum atomic E-state index is 12.4. The topological polar surface area (TPSA) is 59.8 Å². The molecule has 0 bridgehead atoms. The van der Waals surface area contributed by atoms with E-state index in [-0.39, 0.29) is 5.91 Å². The number of nitrogens with one attached hydrogen (secondary N) is 1. The van der Waals surface area contributed by atoms with Crippen molar-refractivity contribution in [2.24, 2.45) is 0 Å². The molecule has 0 spiro atoms. The first-order valence-corrected chi connectivity index (χ1v) is 12.7. The van der Waals surface area contributed by atoms with E-state index in [0.717, 1.165) is 34.7 Å². The van der Waals surface area contributed by atoms with Crippen LogP contribution in [0.5, 0.6) is 0 Å². The highest BCUT2D eigenvalue weighted by Crippen LogP contribution is 2.23. The first-order valence-electron chi connectivity index (χ1n) is 10.5. The second-order valence-corrected chi connectivity index (χ2v) is 9.66. The zero-order valence-corrected chi connectivity index (χ0v) is 20.2. The highest BCUT2D eigenvalue weighted by atomic mass is 32.2. The lowest BCUT2D eigenvalue weighted by molar-refractivity contribution is -0.113. The van der Waals surface area contributed by atoms with Gasteiger partial charge in [0.2, 0.25) is 5.91 Å². The zero-order chi connectivity index (χ0) is 22.2. The summed E-state index contributed by atoms with van der Waals surface area (Å²) in [5.74, 6) is 3.43. The van der Waals surface area contributed by atoms with Crippen LogP contribution in [0.15, 0.2) is 53.7 Å². The Labute approximate surface area is 193 Å². The molecular weight excluding hydrogens is 424 g/mol. The summed E-state index contributed by atoms with van der Waals surface area (Å²) in [6, 6.07) is 16.6. The van der Waals surface area contributed by atoms with Gasteiger partial charge in [-0.2, -0.15) is 0 Å². The quantitative estimate of drug-likeness (QED) is 0.387. The molecule has 1 heterocycles. The third-order valence-electron chi connectivity index (χ3n) is 4.92. The van der Waals surface area contributed by atoms with Gasteiger partial charge in [-0.25, -0.2) is 0 Å². The van der Waals surface area contributed by atoms with Crippen LogP contribution < -0.4 is 5.32 Å². The van der Waals surface area contributed by atoms with Crippen LogP contribution in [0.2, 0.25) is 0 Å². The predicted octanol–water partition coefficient (Wildman–Crippen LogP) is 5.89. The van der Waals surface area contributed by atoms with E-state index in [1.165, 1.54) is 28.5 Å². The smallest absolute Gasteiger partial charge is 0.234 e. The van der Waals surface area contributed by atoms with Crippen LogP contribution in [-0.2, 0) is 22.8 Å². The summed E-state index contributed by atoms with van der Waals surface area (Å²) < 4.78 is 2.09. The van der Waals surface area contributed by atoms with Gasteiger partial charge < -0.3 is 9.88 Å². The molecule has 1 amide bonds. The van der Waals surface area contributed by atoms with Gasteiger partial charge in [-0.05, 0) is 43.0 Å². The first-order chi connectivity index (χ1) is 15.0. The van der Waals surface area contributed by atoms with Crippen molar-refractivity contribution in [2.45, 2.75) is 56.8 Å². The Morgan fingerprint density at radius 3 is 2.39 bits per heavy atom. The summed E-state index contributed by atoms with van der Waals surface area (Å²) in [5.41, 5.74) is 4.67. The summed E-state index contributed by atoms with van der Waals surface area (Å²) >= 11 is 3.25. The van der Waals surface area contributed by atoms with Gasteiger partial charge in [0, 0.05) is 18.0 Å². The molecule has 3 aromatic rings. The molecular formula is C24H30N4OS2. The Kier molecular flexibility index (Phi) is 8.60. The number of hydrogen-bond acceptors (Lipinski definition) is 5. The number of aromatic nitrogens is 3. The van der Waals surface area contributed by atoms with Crippen LogP contribution in [0, 0.1) is 6.92 Å². The second-order valence-electron chi connectivity index (χ2n) is 7.74. The Balaban J connectivity index is 1.50. The van der Waals surface area contributed by atoms with Crippen LogP contribution in [0.25, 0.3) is 0 Å². The highest BCUT2D eigenvalue weighted by molar-refractivity contribution is 7.99. The van der Waals surface area contributed by atoms with Crippen molar-refractivity contribution in [2.75, 3.05) is 11.1 Å². The lowest BCUT2D eigenvalue weighted by Crippen LogP contribution is -2.14. The Morgan fingerprint density at radius 2 is 1.74 bits per heavy atom. The Hall–Kier alpha value is -2.25. The average Bonchev–Trinajstić information content (AvgIpc) is 3.16. The van der Waals surface area contributed by atoms with E-state index in [1.54, 1.807) is 0 Å². The standard InChI is InChI=1S/C24H30N4OS2/c1-5-28-22(15-30-14-19-8-6-18(4)7-9-19)26-27-24(28)31-16-23(29)25-21-12-10-20(11-13-21)17(2)3/h6-13,17H,5,14-16H2,1-4H3,(H,25,29). The van der Waals surface area contributed by atoms with E-state index in [9.17, 15) is 4.79 Å². The normalized spacial score (nSPS) is 11.1. The van der Waals surface area contributed by atoms with Crippen molar-refractivity contribution in [3.63, 3.8) is 0 Å². The Bertz CT molecular complexity index is 982. The van der Waals surface area contributed by atoms with E-state index < -0.39 is 0 Å². The van der Waals surface area contributed by atoms with Gasteiger partial charge in [0.05, 0.1) is 11.5 Å². The molecule has 31 heavy (non-hydrogen) atoms. The minimum atomic E-state index is -0.0387. The number of carbonyl (C=O) groups is 1.